The third-order valence-corrected chi connectivity index (χ3v) is 5.70. The average molecular weight is 418 g/mol. The molecule has 3 aromatic rings. The van der Waals surface area contributed by atoms with Crippen LogP contribution in [-0.4, -0.2) is 30.9 Å². The van der Waals surface area contributed by atoms with Crippen LogP contribution in [0.3, 0.4) is 0 Å². The fourth-order valence-corrected chi connectivity index (χ4v) is 3.94. The highest BCUT2D eigenvalue weighted by atomic mass is 16.6. The van der Waals surface area contributed by atoms with Gasteiger partial charge in [0.25, 0.3) is 0 Å². The van der Waals surface area contributed by atoms with Gasteiger partial charge in [-0.1, -0.05) is 91.0 Å². The zero-order valence-electron chi connectivity index (χ0n) is 18.0. The maximum atomic E-state index is 6.45. The van der Waals surface area contributed by atoms with Gasteiger partial charge in [-0.25, -0.2) is 0 Å². The molecule has 4 nitrogen and oxygen atoms in total. The molecule has 31 heavy (non-hydrogen) atoms. The van der Waals surface area contributed by atoms with Crippen LogP contribution in [0.15, 0.2) is 91.0 Å². The molecule has 0 aromatic heterocycles. The molecule has 0 amide bonds. The lowest BCUT2D eigenvalue weighted by atomic mass is 9.96. The first-order valence-corrected chi connectivity index (χ1v) is 11.0. The van der Waals surface area contributed by atoms with Gasteiger partial charge in [0.15, 0.2) is 0 Å². The third-order valence-electron chi connectivity index (χ3n) is 5.70. The van der Waals surface area contributed by atoms with Gasteiger partial charge in [-0.3, -0.25) is 0 Å². The van der Waals surface area contributed by atoms with Crippen molar-refractivity contribution in [3.05, 3.63) is 108 Å². The summed E-state index contributed by atoms with van der Waals surface area (Å²) in [6.07, 6.45) is -0.372. The zero-order valence-corrected chi connectivity index (χ0v) is 18.0. The molecule has 0 radical (unpaired) electrons. The monoisotopic (exact) mass is 417 g/mol. The smallest absolute Gasteiger partial charge is 0.113 e. The fraction of sp³-hybridized carbons (Fsp3) is 0.333. The first kappa shape index (κ1) is 21.7. The Hall–Kier alpha value is -2.50. The number of nitrogens with one attached hydrogen (secondary N) is 1. The van der Waals surface area contributed by atoms with E-state index in [1.54, 1.807) is 0 Å². The molecule has 0 saturated carbocycles. The molecule has 3 aromatic carbocycles. The highest BCUT2D eigenvalue weighted by Gasteiger charge is 2.40. The normalized spacial score (nSPS) is 23.5. The van der Waals surface area contributed by atoms with Crippen molar-refractivity contribution in [2.24, 2.45) is 0 Å². The van der Waals surface area contributed by atoms with E-state index in [1.165, 1.54) is 0 Å². The summed E-state index contributed by atoms with van der Waals surface area (Å²) in [6, 6.07) is 31.0. The summed E-state index contributed by atoms with van der Waals surface area (Å²) >= 11 is 0. The van der Waals surface area contributed by atoms with Gasteiger partial charge in [0.05, 0.1) is 25.9 Å². The Morgan fingerprint density at radius 3 is 1.52 bits per heavy atom. The second kappa shape index (κ2) is 11.2. The number of rotatable bonds is 9. The number of benzene rings is 3. The van der Waals surface area contributed by atoms with E-state index < -0.39 is 0 Å². The van der Waals surface area contributed by atoms with Crippen molar-refractivity contribution in [1.29, 1.82) is 0 Å². The number of hydrogen-bond donors (Lipinski definition) is 1. The highest BCUT2D eigenvalue weighted by molar-refractivity contribution is 5.15. The molecule has 1 aliphatic heterocycles. The van der Waals surface area contributed by atoms with Gasteiger partial charge < -0.3 is 19.5 Å². The molecule has 0 aliphatic carbocycles. The van der Waals surface area contributed by atoms with Crippen LogP contribution >= 0.6 is 0 Å². The van der Waals surface area contributed by atoms with Gasteiger partial charge in [0.1, 0.15) is 12.2 Å². The van der Waals surface area contributed by atoms with Crippen molar-refractivity contribution >= 4 is 0 Å². The molecular weight excluding hydrogens is 386 g/mol. The van der Waals surface area contributed by atoms with Crippen LogP contribution in [0.25, 0.3) is 0 Å². The predicted octanol–water partition coefficient (Wildman–Crippen LogP) is 4.73. The van der Waals surface area contributed by atoms with Crippen molar-refractivity contribution < 1.29 is 14.2 Å². The predicted molar refractivity (Wildman–Crippen MR) is 123 cm³/mol. The summed E-state index contributed by atoms with van der Waals surface area (Å²) in [6.45, 7) is 4.53. The second-order valence-electron chi connectivity index (χ2n) is 8.05. The first-order chi connectivity index (χ1) is 15.3. The lowest BCUT2D eigenvalue weighted by Crippen LogP contribution is -2.60. The van der Waals surface area contributed by atoms with Crippen LogP contribution < -0.4 is 5.32 Å². The van der Waals surface area contributed by atoms with E-state index in [-0.39, 0.29) is 24.4 Å². The van der Waals surface area contributed by atoms with Crippen LogP contribution in [0.1, 0.15) is 23.6 Å². The molecule has 1 N–H and O–H groups in total. The van der Waals surface area contributed by atoms with E-state index in [0.29, 0.717) is 19.8 Å². The van der Waals surface area contributed by atoms with Gasteiger partial charge in [-0.05, 0) is 23.6 Å². The largest absolute Gasteiger partial charge is 0.369 e. The van der Waals surface area contributed by atoms with E-state index in [0.717, 1.165) is 23.2 Å². The molecule has 0 spiro atoms. The van der Waals surface area contributed by atoms with Gasteiger partial charge in [-0.2, -0.15) is 0 Å². The van der Waals surface area contributed by atoms with Crippen LogP contribution in [0, 0.1) is 0 Å². The molecule has 4 rings (SSSR count). The van der Waals surface area contributed by atoms with Crippen molar-refractivity contribution in [1.82, 2.24) is 5.32 Å². The van der Waals surface area contributed by atoms with Gasteiger partial charge >= 0.3 is 0 Å². The summed E-state index contributed by atoms with van der Waals surface area (Å²) in [5.74, 6) is 0. The molecule has 0 unspecified atom stereocenters. The highest BCUT2D eigenvalue weighted by Crippen LogP contribution is 2.23. The standard InChI is InChI=1S/C27H31NO3/c1-21-26(30-19-23-13-7-3-8-14-23)27(31-20-24-15-9-4-10-16-24)25(17-28-21)29-18-22-11-5-2-6-12-22/h2-16,21,25-28H,17-20H2,1H3/t21-,25+,26-,27-/m1/s1. The van der Waals surface area contributed by atoms with Crippen LogP contribution in [0.2, 0.25) is 0 Å². The molecule has 4 heteroatoms. The van der Waals surface area contributed by atoms with Crippen molar-refractivity contribution in [2.45, 2.75) is 51.1 Å². The maximum Gasteiger partial charge on any atom is 0.113 e. The molecule has 1 heterocycles. The Balaban J connectivity index is 1.46. The van der Waals surface area contributed by atoms with E-state index in [4.69, 9.17) is 14.2 Å². The van der Waals surface area contributed by atoms with Crippen molar-refractivity contribution in [3.8, 4) is 0 Å². The second-order valence-corrected chi connectivity index (χ2v) is 8.05. The van der Waals surface area contributed by atoms with Gasteiger partial charge in [0.2, 0.25) is 0 Å². The van der Waals surface area contributed by atoms with Crippen molar-refractivity contribution in [3.63, 3.8) is 0 Å². The SMILES string of the molecule is C[C@H]1NC[C@H](OCc2ccccc2)[C@@H](OCc2ccccc2)[C@@H]1OCc1ccccc1. The van der Waals surface area contributed by atoms with Gasteiger partial charge in [0, 0.05) is 12.6 Å². The molecule has 1 aliphatic rings. The Bertz CT molecular complexity index is 888. The van der Waals surface area contributed by atoms with Crippen LogP contribution in [0.4, 0.5) is 0 Å². The molecule has 0 bridgehead atoms. The third kappa shape index (κ3) is 6.25. The minimum atomic E-state index is -0.163. The fourth-order valence-electron chi connectivity index (χ4n) is 3.94. The Morgan fingerprint density at radius 1 is 0.613 bits per heavy atom. The van der Waals surface area contributed by atoms with E-state index >= 15 is 0 Å². The number of ether oxygens (including phenoxy) is 3. The van der Waals surface area contributed by atoms with Crippen molar-refractivity contribution in [2.75, 3.05) is 6.54 Å². The number of hydrogen-bond acceptors (Lipinski definition) is 4. The van der Waals surface area contributed by atoms with E-state index in [9.17, 15) is 0 Å². The molecular formula is C27H31NO3. The summed E-state index contributed by atoms with van der Waals surface area (Å²) in [7, 11) is 0. The lowest BCUT2D eigenvalue weighted by Gasteiger charge is -2.42. The Kier molecular flexibility index (Phi) is 7.86. The average Bonchev–Trinajstić information content (AvgIpc) is 2.83. The van der Waals surface area contributed by atoms with Crippen LogP contribution in [0.5, 0.6) is 0 Å². The molecule has 4 atom stereocenters. The summed E-state index contributed by atoms with van der Waals surface area (Å²) in [4.78, 5) is 0. The molecule has 1 saturated heterocycles. The zero-order chi connectivity index (χ0) is 21.3. The first-order valence-electron chi connectivity index (χ1n) is 11.0. The Labute approximate surface area is 185 Å². The maximum absolute atomic E-state index is 6.45. The quantitative estimate of drug-likeness (QED) is 0.546. The summed E-state index contributed by atoms with van der Waals surface area (Å²) in [5, 5.41) is 3.55. The van der Waals surface area contributed by atoms with E-state index in [1.807, 2.05) is 54.6 Å². The summed E-state index contributed by atoms with van der Waals surface area (Å²) < 4.78 is 19.2. The topological polar surface area (TPSA) is 39.7 Å². The van der Waals surface area contributed by atoms with Gasteiger partial charge in [-0.15, -0.1) is 0 Å². The minimum absolute atomic E-state index is 0.0964. The number of piperidine rings is 1. The van der Waals surface area contributed by atoms with Crippen LogP contribution in [-0.2, 0) is 34.0 Å². The minimum Gasteiger partial charge on any atom is -0.369 e. The molecule has 162 valence electrons. The lowest BCUT2D eigenvalue weighted by molar-refractivity contribution is -0.173. The molecule has 1 fully saturated rings. The van der Waals surface area contributed by atoms with E-state index in [2.05, 4.69) is 48.6 Å². The summed E-state index contributed by atoms with van der Waals surface area (Å²) in [5.41, 5.74) is 3.46. The Morgan fingerprint density at radius 2 is 1.03 bits per heavy atom.